The molecule has 0 aliphatic rings. The van der Waals surface area contributed by atoms with Gasteiger partial charge in [0.25, 0.3) is 0 Å². The predicted octanol–water partition coefficient (Wildman–Crippen LogP) is 7.69. The third kappa shape index (κ3) is 6.72. The predicted molar refractivity (Wildman–Crippen MR) is 174 cm³/mol. The zero-order valence-corrected chi connectivity index (χ0v) is 26.2. The Morgan fingerprint density at radius 1 is 0.316 bits per heavy atom. The summed E-state index contributed by atoms with van der Waals surface area (Å²) in [6, 6.07) is 3.40. The van der Waals surface area contributed by atoms with E-state index in [1.54, 1.807) is 80.5 Å². The largest absolute Gasteiger partial charge is 0.529 e. The van der Waals surface area contributed by atoms with Gasteiger partial charge in [-0.3, -0.25) is 0 Å². The monoisotopic (exact) mass is 574 g/mol. The van der Waals surface area contributed by atoms with Crippen molar-refractivity contribution in [3.8, 4) is 23.0 Å². The minimum Gasteiger partial charge on any atom is -0.529 e. The minimum absolute atomic E-state index is 0.365. The highest BCUT2D eigenvalue weighted by molar-refractivity contribution is 6.90. The van der Waals surface area contributed by atoms with Crippen molar-refractivity contribution >= 4 is 33.3 Å². The standard InChI is InChI=1S/C30H38O4Si4/c1-13-35(14-2,15-3)31-27-25-29(33-37(19-7,20-8)21-9)30(34-38(22-10,23-11)24-12)26-28(27)32-36(16-4,17-5)18-6/h13-26H,1-12H2. The molecule has 0 aliphatic heterocycles. The summed E-state index contributed by atoms with van der Waals surface area (Å²) in [6.45, 7) is 47.3. The molecular formula is C30H38O4Si4. The van der Waals surface area contributed by atoms with Gasteiger partial charge >= 0.3 is 33.3 Å². The van der Waals surface area contributed by atoms with Crippen LogP contribution in [0.2, 0.25) is 0 Å². The van der Waals surface area contributed by atoms with E-state index < -0.39 is 33.3 Å². The zero-order valence-electron chi connectivity index (χ0n) is 22.2. The minimum atomic E-state index is -2.82. The lowest BCUT2D eigenvalue weighted by Crippen LogP contribution is -2.39. The first-order chi connectivity index (χ1) is 18.1. The molecule has 1 aromatic rings. The summed E-state index contributed by atoms with van der Waals surface area (Å²) in [7, 11) is -11.3. The lowest BCUT2D eigenvalue weighted by atomic mass is 10.3. The molecule has 0 atom stereocenters. The lowest BCUT2D eigenvalue weighted by Gasteiger charge is -2.31. The smallest absolute Gasteiger partial charge is 0.323 e. The zero-order chi connectivity index (χ0) is 29.0. The van der Waals surface area contributed by atoms with E-state index in [-0.39, 0.29) is 0 Å². The highest BCUT2D eigenvalue weighted by atomic mass is 28.4. The Morgan fingerprint density at radius 3 is 0.553 bits per heavy atom. The summed E-state index contributed by atoms with van der Waals surface area (Å²) >= 11 is 0. The summed E-state index contributed by atoms with van der Waals surface area (Å²) < 4.78 is 26.1. The highest BCUT2D eigenvalue weighted by Gasteiger charge is 2.35. The van der Waals surface area contributed by atoms with Crippen molar-refractivity contribution in [2.45, 2.75) is 0 Å². The van der Waals surface area contributed by atoms with Crippen molar-refractivity contribution in [2.75, 3.05) is 0 Å². The normalized spacial score (nSPS) is 11.4. The van der Waals surface area contributed by atoms with Gasteiger partial charge in [-0.15, -0.1) is 78.9 Å². The Morgan fingerprint density at radius 2 is 0.447 bits per heavy atom. The summed E-state index contributed by atoms with van der Waals surface area (Å²) in [6.07, 6.45) is 0. The molecule has 38 heavy (non-hydrogen) atoms. The Kier molecular flexibility index (Phi) is 11.6. The molecular weight excluding hydrogens is 537 g/mol. The van der Waals surface area contributed by atoms with E-state index in [0.29, 0.717) is 23.0 Å². The summed E-state index contributed by atoms with van der Waals surface area (Å²) in [5.41, 5.74) is 20.5. The van der Waals surface area contributed by atoms with Crippen LogP contribution in [0.15, 0.2) is 159 Å². The van der Waals surface area contributed by atoms with Crippen LogP contribution in [0.4, 0.5) is 0 Å². The molecule has 0 aromatic heterocycles. The van der Waals surface area contributed by atoms with Crippen LogP contribution in [0.3, 0.4) is 0 Å². The molecule has 1 rings (SSSR count). The molecule has 0 saturated carbocycles. The molecule has 4 nitrogen and oxygen atoms in total. The van der Waals surface area contributed by atoms with Crippen LogP contribution in [0.25, 0.3) is 0 Å². The maximum atomic E-state index is 6.51. The Bertz CT molecular complexity index is 916. The topological polar surface area (TPSA) is 36.9 Å². The first kappa shape index (κ1) is 32.2. The molecule has 0 N–H and O–H groups in total. The molecule has 0 bridgehead atoms. The second kappa shape index (κ2) is 13.6. The van der Waals surface area contributed by atoms with Crippen LogP contribution in [0, 0.1) is 0 Å². The van der Waals surface area contributed by atoms with Gasteiger partial charge in [-0.05, 0) is 0 Å². The first-order valence-corrected chi connectivity index (χ1v) is 20.2. The van der Waals surface area contributed by atoms with Crippen LogP contribution >= 0.6 is 0 Å². The number of benzene rings is 1. The Labute approximate surface area is 232 Å². The fourth-order valence-corrected chi connectivity index (χ4v) is 8.27. The fraction of sp³-hybridized carbons (Fsp3) is 0. The first-order valence-electron chi connectivity index (χ1n) is 11.7. The van der Waals surface area contributed by atoms with Gasteiger partial charge in [-0.1, -0.05) is 68.4 Å². The van der Waals surface area contributed by atoms with E-state index in [9.17, 15) is 0 Å². The summed E-state index contributed by atoms with van der Waals surface area (Å²) in [4.78, 5) is 0. The van der Waals surface area contributed by atoms with Crippen LogP contribution in [0.5, 0.6) is 23.0 Å². The van der Waals surface area contributed by atoms with Gasteiger partial charge in [0.05, 0.1) is 0 Å². The maximum absolute atomic E-state index is 6.51. The van der Waals surface area contributed by atoms with Crippen molar-refractivity contribution in [1.29, 1.82) is 0 Å². The number of hydrogen-bond donors (Lipinski definition) is 0. The molecule has 198 valence electrons. The third-order valence-electron chi connectivity index (χ3n) is 5.99. The molecule has 0 aliphatic carbocycles. The molecule has 0 amide bonds. The van der Waals surface area contributed by atoms with Gasteiger partial charge in [0.15, 0.2) is 0 Å². The van der Waals surface area contributed by atoms with E-state index in [0.717, 1.165) is 0 Å². The van der Waals surface area contributed by atoms with E-state index in [1.165, 1.54) is 0 Å². The number of hydrogen-bond acceptors (Lipinski definition) is 4. The second-order valence-corrected chi connectivity index (χ2v) is 20.6. The summed E-state index contributed by atoms with van der Waals surface area (Å²) in [5.74, 6) is 1.46. The van der Waals surface area contributed by atoms with E-state index in [4.69, 9.17) is 17.7 Å². The maximum Gasteiger partial charge on any atom is 0.323 e. The number of rotatable bonds is 20. The van der Waals surface area contributed by atoms with Crippen molar-refractivity contribution in [3.63, 3.8) is 0 Å². The second-order valence-electron chi connectivity index (χ2n) is 8.02. The molecule has 0 unspecified atom stereocenters. The van der Waals surface area contributed by atoms with Gasteiger partial charge < -0.3 is 17.7 Å². The van der Waals surface area contributed by atoms with Crippen molar-refractivity contribution in [1.82, 2.24) is 0 Å². The van der Waals surface area contributed by atoms with Crippen LogP contribution < -0.4 is 17.7 Å². The van der Waals surface area contributed by atoms with E-state index >= 15 is 0 Å². The van der Waals surface area contributed by atoms with Gasteiger partial charge in [0, 0.05) is 12.1 Å². The average molecular weight is 575 g/mol. The van der Waals surface area contributed by atoms with Crippen molar-refractivity contribution in [3.05, 3.63) is 159 Å². The summed E-state index contributed by atoms with van der Waals surface area (Å²) in [5, 5.41) is 0. The van der Waals surface area contributed by atoms with E-state index in [2.05, 4.69) is 78.9 Å². The molecule has 8 heteroatoms. The fourth-order valence-electron chi connectivity index (χ4n) is 3.10. The van der Waals surface area contributed by atoms with Crippen LogP contribution in [-0.4, -0.2) is 33.3 Å². The lowest BCUT2D eigenvalue weighted by molar-refractivity contribution is 0.471. The van der Waals surface area contributed by atoms with Crippen molar-refractivity contribution < 1.29 is 17.7 Å². The molecule has 1 aromatic carbocycles. The molecule has 0 fully saturated rings. The average Bonchev–Trinajstić information content (AvgIpc) is 2.97. The van der Waals surface area contributed by atoms with E-state index in [1.807, 2.05) is 0 Å². The van der Waals surface area contributed by atoms with Gasteiger partial charge in [0.2, 0.25) is 0 Å². The van der Waals surface area contributed by atoms with Gasteiger partial charge in [0.1, 0.15) is 23.0 Å². The highest BCUT2D eigenvalue weighted by Crippen LogP contribution is 2.44. The van der Waals surface area contributed by atoms with Crippen molar-refractivity contribution in [2.24, 2.45) is 0 Å². The Hall–Kier alpha value is -3.83. The SMILES string of the molecule is C=C[Si](C=C)(C=C)Oc1cc(O[Si](C=C)(C=C)C=C)c(O[Si](C=C)(C=C)C=C)cc1O[Si](C=C)(C=C)C=C. The quantitative estimate of drug-likeness (QED) is 0.150. The Balaban J connectivity index is 4.16. The van der Waals surface area contributed by atoms with Gasteiger partial charge in [-0.25, -0.2) is 0 Å². The molecule has 0 saturated heterocycles. The van der Waals surface area contributed by atoms with Gasteiger partial charge in [-0.2, -0.15) is 0 Å². The molecule has 0 spiro atoms. The third-order valence-corrected chi connectivity index (χ3v) is 15.9. The van der Waals surface area contributed by atoms with Crippen LogP contribution in [0.1, 0.15) is 0 Å². The molecule has 0 heterocycles. The van der Waals surface area contributed by atoms with Crippen LogP contribution in [-0.2, 0) is 0 Å². The molecule has 0 radical (unpaired) electrons.